The van der Waals surface area contributed by atoms with E-state index in [9.17, 15) is 0 Å². The van der Waals surface area contributed by atoms with Gasteiger partial charge in [-0.15, -0.1) is 0 Å². The van der Waals surface area contributed by atoms with Crippen molar-refractivity contribution in [3.63, 3.8) is 0 Å². The van der Waals surface area contributed by atoms with Gasteiger partial charge in [0.25, 0.3) is 0 Å². The summed E-state index contributed by atoms with van der Waals surface area (Å²) in [5.41, 5.74) is 1.31. The van der Waals surface area contributed by atoms with E-state index in [0.29, 0.717) is 17.3 Å². The van der Waals surface area contributed by atoms with Crippen molar-refractivity contribution in [1.82, 2.24) is 0 Å². The van der Waals surface area contributed by atoms with Crippen molar-refractivity contribution in [1.29, 1.82) is 0 Å². The molecule has 0 spiro atoms. The van der Waals surface area contributed by atoms with Gasteiger partial charge in [-0.25, -0.2) is 0 Å². The molecule has 0 aromatic heterocycles. The first-order chi connectivity index (χ1) is 15.7. The first-order valence-corrected chi connectivity index (χ1v) is 12.3. The molecular weight excluding hydrogens is 415 g/mol. The van der Waals surface area contributed by atoms with Crippen LogP contribution >= 0.6 is 7.14 Å². The topological polar surface area (TPSA) is 35.5 Å². The highest BCUT2D eigenvalue weighted by Crippen LogP contribution is 2.63. The zero-order chi connectivity index (χ0) is 22.0. The second-order valence-electron chi connectivity index (χ2n) is 7.65. The molecule has 158 valence electrons. The minimum Gasteiger partial charge on any atom is -0.496 e. The molecule has 1 atom stereocenters. The van der Waals surface area contributed by atoms with Crippen molar-refractivity contribution < 1.29 is 14.0 Å². The molecule has 0 saturated carbocycles. The van der Waals surface area contributed by atoms with E-state index < -0.39 is 12.8 Å². The third-order valence-corrected chi connectivity index (χ3v) is 9.12. The normalized spacial score (nSPS) is 15.3. The van der Waals surface area contributed by atoms with Crippen LogP contribution in [0.3, 0.4) is 0 Å². The number of ether oxygens (including phenoxy) is 2. The summed E-state index contributed by atoms with van der Waals surface area (Å²) in [5.74, 6) is 2.04. The maximum absolute atomic E-state index is 15.2. The molecule has 4 aromatic carbocycles. The molecule has 0 bridgehead atoms. The smallest absolute Gasteiger partial charge is 0.154 e. The van der Waals surface area contributed by atoms with Crippen LogP contribution in [0.4, 0.5) is 0 Å². The lowest BCUT2D eigenvalue weighted by molar-refractivity contribution is 0.401. The average Bonchev–Trinajstić information content (AvgIpc) is 2.88. The monoisotopic (exact) mass is 438 g/mol. The molecule has 0 saturated heterocycles. The van der Waals surface area contributed by atoms with E-state index in [0.717, 1.165) is 21.7 Å². The SMILES string of the molecule is COc1cccc2c1C(P(=O)(c1ccccc1)c1ccccc1)C=C(c1ccccc1)O2. The fraction of sp³-hybridized carbons (Fsp3) is 0.0714. The van der Waals surface area contributed by atoms with E-state index in [1.165, 1.54) is 0 Å². The van der Waals surface area contributed by atoms with E-state index in [4.69, 9.17) is 9.47 Å². The van der Waals surface area contributed by atoms with Crippen LogP contribution in [0.15, 0.2) is 115 Å². The molecule has 0 aliphatic carbocycles. The van der Waals surface area contributed by atoms with Gasteiger partial charge in [0.05, 0.1) is 18.3 Å². The molecule has 1 unspecified atom stereocenters. The molecule has 5 rings (SSSR count). The van der Waals surface area contributed by atoms with Gasteiger partial charge < -0.3 is 14.0 Å². The number of methoxy groups -OCH3 is 1. The summed E-state index contributed by atoms with van der Waals surface area (Å²) in [4.78, 5) is 0. The van der Waals surface area contributed by atoms with Crippen LogP contribution in [0.1, 0.15) is 16.8 Å². The highest BCUT2D eigenvalue weighted by atomic mass is 31.2. The third kappa shape index (κ3) is 3.45. The quantitative estimate of drug-likeness (QED) is 0.349. The van der Waals surface area contributed by atoms with Gasteiger partial charge in [-0.3, -0.25) is 0 Å². The number of hydrogen-bond donors (Lipinski definition) is 0. The van der Waals surface area contributed by atoms with Crippen molar-refractivity contribution in [2.24, 2.45) is 0 Å². The average molecular weight is 438 g/mol. The van der Waals surface area contributed by atoms with Crippen LogP contribution in [-0.2, 0) is 4.57 Å². The van der Waals surface area contributed by atoms with Crippen molar-refractivity contribution in [2.45, 2.75) is 5.66 Å². The Kier molecular flexibility index (Phi) is 5.43. The Balaban J connectivity index is 1.81. The summed E-state index contributed by atoms with van der Waals surface area (Å²) in [6.07, 6.45) is 2.00. The number of rotatable bonds is 5. The third-order valence-electron chi connectivity index (χ3n) is 5.80. The standard InChI is InChI=1S/C28H23O3P/c1-30-24-18-11-19-25-28(24)27(20-26(31-25)21-12-5-2-6-13-21)32(29,22-14-7-3-8-15-22)23-16-9-4-10-17-23/h2-20,27H,1H3. The summed E-state index contributed by atoms with van der Waals surface area (Å²) >= 11 is 0. The molecule has 0 fully saturated rings. The molecule has 1 heterocycles. The van der Waals surface area contributed by atoms with Crippen LogP contribution in [0.2, 0.25) is 0 Å². The maximum Gasteiger partial charge on any atom is 0.154 e. The van der Waals surface area contributed by atoms with E-state index in [2.05, 4.69) is 0 Å². The largest absolute Gasteiger partial charge is 0.496 e. The zero-order valence-corrected chi connectivity index (χ0v) is 18.6. The van der Waals surface area contributed by atoms with E-state index in [-0.39, 0.29) is 0 Å². The Morgan fingerprint density at radius 2 is 1.28 bits per heavy atom. The Labute approximate surface area is 188 Å². The molecule has 4 heteroatoms. The molecule has 1 aliphatic rings. The predicted molar refractivity (Wildman–Crippen MR) is 131 cm³/mol. The molecule has 32 heavy (non-hydrogen) atoms. The Bertz CT molecular complexity index is 1260. The second-order valence-corrected chi connectivity index (χ2v) is 10.6. The van der Waals surface area contributed by atoms with E-state index >= 15 is 4.57 Å². The summed E-state index contributed by atoms with van der Waals surface area (Å²) in [5, 5.41) is 1.61. The lowest BCUT2D eigenvalue weighted by Crippen LogP contribution is -2.23. The summed E-state index contributed by atoms with van der Waals surface area (Å²) in [6, 6.07) is 35.1. The molecule has 3 nitrogen and oxygen atoms in total. The Morgan fingerprint density at radius 3 is 1.84 bits per heavy atom. The Morgan fingerprint density at radius 1 is 0.719 bits per heavy atom. The zero-order valence-electron chi connectivity index (χ0n) is 17.7. The Hall–Kier alpha value is -3.55. The van der Waals surface area contributed by atoms with Crippen LogP contribution < -0.4 is 20.1 Å². The van der Waals surface area contributed by atoms with Gasteiger partial charge >= 0.3 is 0 Å². The highest BCUT2D eigenvalue weighted by molar-refractivity contribution is 7.79. The van der Waals surface area contributed by atoms with Crippen molar-refractivity contribution in [3.05, 3.63) is 126 Å². The summed E-state index contributed by atoms with van der Waals surface area (Å²) < 4.78 is 27.3. The van der Waals surface area contributed by atoms with Crippen LogP contribution in [0.5, 0.6) is 11.5 Å². The van der Waals surface area contributed by atoms with Crippen molar-refractivity contribution in [3.8, 4) is 11.5 Å². The number of hydrogen-bond acceptors (Lipinski definition) is 3. The lowest BCUT2D eigenvalue weighted by Gasteiger charge is -2.33. The molecule has 1 aliphatic heterocycles. The first kappa shape index (κ1) is 20.4. The number of allylic oxidation sites excluding steroid dienone is 1. The lowest BCUT2D eigenvalue weighted by atomic mass is 10.0. The van der Waals surface area contributed by atoms with Crippen LogP contribution in [0, 0.1) is 0 Å². The van der Waals surface area contributed by atoms with Crippen molar-refractivity contribution in [2.75, 3.05) is 7.11 Å². The van der Waals surface area contributed by atoms with Crippen LogP contribution in [-0.4, -0.2) is 7.11 Å². The van der Waals surface area contributed by atoms with Gasteiger partial charge in [0, 0.05) is 16.2 Å². The van der Waals surface area contributed by atoms with Gasteiger partial charge in [0.1, 0.15) is 17.3 Å². The van der Waals surface area contributed by atoms with Gasteiger partial charge in [-0.2, -0.15) is 0 Å². The minimum atomic E-state index is -3.17. The maximum atomic E-state index is 15.2. The number of fused-ring (bicyclic) bond motifs is 1. The van der Waals surface area contributed by atoms with E-state index in [1.807, 2.05) is 115 Å². The number of benzene rings is 4. The fourth-order valence-electron chi connectivity index (χ4n) is 4.28. The van der Waals surface area contributed by atoms with Gasteiger partial charge in [-0.1, -0.05) is 97.1 Å². The van der Waals surface area contributed by atoms with Crippen LogP contribution in [0.25, 0.3) is 5.76 Å². The van der Waals surface area contributed by atoms with Gasteiger partial charge in [0.2, 0.25) is 0 Å². The summed E-state index contributed by atoms with van der Waals surface area (Å²) in [6.45, 7) is 0. The molecule has 0 radical (unpaired) electrons. The van der Waals surface area contributed by atoms with Crippen molar-refractivity contribution >= 4 is 23.5 Å². The molecule has 4 aromatic rings. The predicted octanol–water partition coefficient (Wildman–Crippen LogP) is 6.18. The highest BCUT2D eigenvalue weighted by Gasteiger charge is 2.42. The fourth-order valence-corrected chi connectivity index (χ4v) is 7.41. The van der Waals surface area contributed by atoms with Gasteiger partial charge in [-0.05, 0) is 18.2 Å². The molecular formula is C28H23O3P. The van der Waals surface area contributed by atoms with E-state index in [1.54, 1.807) is 7.11 Å². The minimum absolute atomic E-state index is 0.442. The molecule has 0 amide bonds. The summed E-state index contributed by atoms with van der Waals surface area (Å²) in [7, 11) is -1.53. The molecule has 0 N–H and O–H groups in total. The second kappa shape index (κ2) is 8.53. The first-order valence-electron chi connectivity index (χ1n) is 10.5. The van der Waals surface area contributed by atoms with Gasteiger partial charge in [0.15, 0.2) is 7.14 Å².